The largest absolute Gasteiger partial charge is 0.326 e. The van der Waals surface area contributed by atoms with Crippen LogP contribution in [0.25, 0.3) is 0 Å². The van der Waals surface area contributed by atoms with E-state index < -0.39 is 0 Å². The van der Waals surface area contributed by atoms with Crippen LogP contribution in [0.1, 0.15) is 5.82 Å². The lowest BCUT2D eigenvalue weighted by molar-refractivity contribution is -0.115. The van der Waals surface area contributed by atoms with Gasteiger partial charge in [-0.3, -0.25) is 4.79 Å². The number of rotatable bonds is 3. The number of carbonyl (C=O) groups is 1. The molecule has 1 amide bonds. The Kier molecular flexibility index (Phi) is 3.34. The molecule has 1 N–H and O–H groups in total. The Bertz CT molecular complexity index is 539. The molecule has 0 fully saturated rings. The fourth-order valence-electron chi connectivity index (χ4n) is 1.31. The number of hydrogen-bond acceptors (Lipinski definition) is 4. The van der Waals surface area contributed by atoms with Crippen LogP contribution >= 0.6 is 11.6 Å². The van der Waals surface area contributed by atoms with Crippen molar-refractivity contribution >= 4 is 23.2 Å². The molecule has 1 aromatic carbocycles. The van der Waals surface area contributed by atoms with Crippen LogP contribution in [-0.4, -0.2) is 26.1 Å². The van der Waals surface area contributed by atoms with E-state index in [4.69, 9.17) is 11.6 Å². The maximum absolute atomic E-state index is 11.7. The molecule has 0 radical (unpaired) electrons. The van der Waals surface area contributed by atoms with Gasteiger partial charge in [-0.05, 0) is 28.6 Å². The zero-order valence-electron chi connectivity index (χ0n) is 9.09. The number of carbonyl (C=O) groups excluding carboxylic acids is 1. The Balaban J connectivity index is 2.01. The van der Waals surface area contributed by atoms with Gasteiger partial charge in [0.05, 0.1) is 6.42 Å². The summed E-state index contributed by atoms with van der Waals surface area (Å²) >= 11 is 5.81. The van der Waals surface area contributed by atoms with Crippen molar-refractivity contribution in [1.29, 1.82) is 0 Å². The van der Waals surface area contributed by atoms with Gasteiger partial charge in [0.2, 0.25) is 5.91 Å². The van der Waals surface area contributed by atoms with Crippen molar-refractivity contribution in [3.8, 4) is 0 Å². The summed E-state index contributed by atoms with van der Waals surface area (Å²) in [6.45, 7) is 0. The summed E-state index contributed by atoms with van der Waals surface area (Å²) in [6.07, 6.45) is 0.121. The Morgan fingerprint density at radius 3 is 3.00 bits per heavy atom. The van der Waals surface area contributed by atoms with Crippen LogP contribution in [0.4, 0.5) is 5.69 Å². The van der Waals surface area contributed by atoms with Crippen molar-refractivity contribution in [2.45, 2.75) is 6.42 Å². The van der Waals surface area contributed by atoms with E-state index in [1.165, 1.54) is 4.68 Å². The first kappa shape index (κ1) is 11.5. The van der Waals surface area contributed by atoms with E-state index >= 15 is 0 Å². The molecule has 0 saturated carbocycles. The summed E-state index contributed by atoms with van der Waals surface area (Å²) in [7, 11) is 1.68. The molecule has 1 heterocycles. The fourth-order valence-corrected chi connectivity index (χ4v) is 1.50. The molecule has 0 saturated heterocycles. The average molecular weight is 252 g/mol. The van der Waals surface area contributed by atoms with E-state index in [0.29, 0.717) is 16.5 Å². The Labute approximate surface area is 103 Å². The van der Waals surface area contributed by atoms with Crippen LogP contribution in [-0.2, 0) is 18.3 Å². The highest BCUT2D eigenvalue weighted by molar-refractivity contribution is 6.30. The second-order valence-electron chi connectivity index (χ2n) is 3.45. The van der Waals surface area contributed by atoms with E-state index in [0.717, 1.165) is 0 Å². The standard InChI is InChI=1S/C10H10ClN5O/c1-16-9(13-14-15-16)6-10(17)12-8-4-2-3-7(11)5-8/h2-5H,6H2,1H3,(H,12,17). The molecule has 0 atom stereocenters. The van der Waals surface area contributed by atoms with Gasteiger partial charge < -0.3 is 5.32 Å². The van der Waals surface area contributed by atoms with E-state index in [2.05, 4.69) is 20.8 Å². The van der Waals surface area contributed by atoms with Crippen LogP contribution in [0.5, 0.6) is 0 Å². The number of nitrogens with one attached hydrogen (secondary N) is 1. The third-order valence-corrected chi connectivity index (χ3v) is 2.37. The number of hydrogen-bond donors (Lipinski definition) is 1. The van der Waals surface area contributed by atoms with Crippen molar-refractivity contribution in [1.82, 2.24) is 20.2 Å². The number of benzene rings is 1. The predicted octanol–water partition coefficient (Wildman–Crippen LogP) is 1.04. The van der Waals surface area contributed by atoms with Crippen molar-refractivity contribution in [2.75, 3.05) is 5.32 Å². The molecule has 0 unspecified atom stereocenters. The summed E-state index contributed by atoms with van der Waals surface area (Å²) < 4.78 is 1.46. The van der Waals surface area contributed by atoms with Gasteiger partial charge in [0.25, 0.3) is 0 Å². The smallest absolute Gasteiger partial charge is 0.232 e. The second kappa shape index (κ2) is 4.92. The molecule has 7 heteroatoms. The summed E-state index contributed by atoms with van der Waals surface area (Å²) in [5.41, 5.74) is 0.651. The second-order valence-corrected chi connectivity index (χ2v) is 3.89. The fraction of sp³-hybridized carbons (Fsp3) is 0.200. The summed E-state index contributed by atoms with van der Waals surface area (Å²) in [5, 5.41) is 14.1. The molecule has 0 bridgehead atoms. The maximum Gasteiger partial charge on any atom is 0.232 e. The molecule has 2 rings (SSSR count). The van der Waals surface area contributed by atoms with Crippen LogP contribution in [0.2, 0.25) is 5.02 Å². The number of aryl methyl sites for hydroxylation is 1. The van der Waals surface area contributed by atoms with Crippen LogP contribution in [0.15, 0.2) is 24.3 Å². The van der Waals surface area contributed by atoms with Gasteiger partial charge in [0.15, 0.2) is 5.82 Å². The van der Waals surface area contributed by atoms with Gasteiger partial charge in [-0.15, -0.1) is 5.10 Å². The monoisotopic (exact) mass is 251 g/mol. The van der Waals surface area contributed by atoms with E-state index in [1.807, 2.05) is 0 Å². The molecule has 0 aliphatic rings. The van der Waals surface area contributed by atoms with Crippen molar-refractivity contribution in [3.05, 3.63) is 35.1 Å². The Morgan fingerprint density at radius 1 is 1.53 bits per heavy atom. The highest BCUT2D eigenvalue weighted by Gasteiger charge is 2.09. The molecule has 0 aliphatic heterocycles. The third kappa shape index (κ3) is 3.01. The molecule has 0 spiro atoms. The minimum atomic E-state index is -0.190. The highest BCUT2D eigenvalue weighted by atomic mass is 35.5. The number of halogens is 1. The lowest BCUT2D eigenvalue weighted by Crippen LogP contribution is -2.17. The molecule has 88 valence electrons. The SMILES string of the molecule is Cn1nnnc1CC(=O)Nc1cccc(Cl)c1. The summed E-state index contributed by atoms with van der Waals surface area (Å²) in [6, 6.07) is 6.94. The Morgan fingerprint density at radius 2 is 2.35 bits per heavy atom. The normalized spacial score (nSPS) is 10.2. The minimum absolute atomic E-state index is 0.121. The van der Waals surface area contributed by atoms with Gasteiger partial charge >= 0.3 is 0 Å². The average Bonchev–Trinajstić information content (AvgIpc) is 2.64. The minimum Gasteiger partial charge on any atom is -0.326 e. The molecule has 1 aromatic heterocycles. The number of tetrazole rings is 1. The van der Waals surface area contributed by atoms with Gasteiger partial charge in [-0.25, -0.2) is 4.68 Å². The van der Waals surface area contributed by atoms with Crippen LogP contribution in [0.3, 0.4) is 0 Å². The predicted molar refractivity (Wildman–Crippen MR) is 62.6 cm³/mol. The van der Waals surface area contributed by atoms with Crippen molar-refractivity contribution in [3.63, 3.8) is 0 Å². The maximum atomic E-state index is 11.7. The van der Waals surface area contributed by atoms with Gasteiger partial charge in [-0.2, -0.15) is 0 Å². The molecule has 6 nitrogen and oxygen atoms in total. The summed E-state index contributed by atoms with van der Waals surface area (Å²) in [5.74, 6) is 0.315. The van der Waals surface area contributed by atoms with Crippen molar-refractivity contribution < 1.29 is 4.79 Å². The number of nitrogens with zero attached hydrogens (tertiary/aromatic N) is 4. The van der Waals surface area contributed by atoms with E-state index in [-0.39, 0.29) is 12.3 Å². The Hall–Kier alpha value is -1.95. The quantitative estimate of drug-likeness (QED) is 0.885. The van der Waals surface area contributed by atoms with E-state index in [9.17, 15) is 4.79 Å². The lowest BCUT2D eigenvalue weighted by Gasteiger charge is -2.04. The molecule has 0 aliphatic carbocycles. The zero-order chi connectivity index (χ0) is 12.3. The van der Waals surface area contributed by atoms with Gasteiger partial charge in [0.1, 0.15) is 0 Å². The first-order chi connectivity index (χ1) is 8.15. The lowest BCUT2D eigenvalue weighted by atomic mass is 10.3. The summed E-state index contributed by atoms with van der Waals surface area (Å²) in [4.78, 5) is 11.7. The highest BCUT2D eigenvalue weighted by Crippen LogP contribution is 2.14. The molecular weight excluding hydrogens is 242 g/mol. The van der Waals surface area contributed by atoms with Crippen molar-refractivity contribution in [2.24, 2.45) is 7.05 Å². The molecular formula is C10H10ClN5O. The topological polar surface area (TPSA) is 72.7 Å². The first-order valence-corrected chi connectivity index (χ1v) is 5.29. The molecule has 17 heavy (non-hydrogen) atoms. The third-order valence-electron chi connectivity index (χ3n) is 2.13. The zero-order valence-corrected chi connectivity index (χ0v) is 9.85. The van der Waals surface area contributed by atoms with Crippen LogP contribution in [0, 0.1) is 0 Å². The van der Waals surface area contributed by atoms with Gasteiger partial charge in [0, 0.05) is 17.8 Å². The van der Waals surface area contributed by atoms with Gasteiger partial charge in [-0.1, -0.05) is 17.7 Å². The van der Waals surface area contributed by atoms with Crippen LogP contribution < -0.4 is 5.32 Å². The number of aromatic nitrogens is 4. The molecule has 2 aromatic rings. The van der Waals surface area contributed by atoms with E-state index in [1.54, 1.807) is 31.3 Å². The number of amides is 1. The number of anilines is 1. The first-order valence-electron chi connectivity index (χ1n) is 4.92.